The van der Waals surface area contributed by atoms with Crippen molar-refractivity contribution in [1.82, 2.24) is 0 Å². The van der Waals surface area contributed by atoms with Crippen molar-refractivity contribution in [2.45, 2.75) is 57.3 Å². The third-order valence-corrected chi connectivity index (χ3v) is 6.45. The molecule has 1 N–H and O–H groups in total. The van der Waals surface area contributed by atoms with Gasteiger partial charge in [0.2, 0.25) is 0 Å². The second-order valence-corrected chi connectivity index (χ2v) is 7.56. The smallest absolute Gasteiger partial charge is 0.307 e. The highest BCUT2D eigenvalue weighted by Gasteiger charge is 2.48. The van der Waals surface area contributed by atoms with Gasteiger partial charge in [-0.15, -0.1) is 0 Å². The van der Waals surface area contributed by atoms with E-state index < -0.39 is 5.97 Å². The van der Waals surface area contributed by atoms with E-state index in [1.807, 2.05) is 6.07 Å². The first kappa shape index (κ1) is 15.0. The van der Waals surface area contributed by atoms with Crippen LogP contribution in [0.4, 0.5) is 0 Å². The minimum absolute atomic E-state index is 0.177. The van der Waals surface area contributed by atoms with Crippen LogP contribution in [0.2, 0.25) is 0 Å². The highest BCUT2D eigenvalue weighted by molar-refractivity contribution is 5.73. The van der Waals surface area contributed by atoms with Crippen molar-refractivity contribution in [3.8, 4) is 0 Å². The molecule has 2 nitrogen and oxygen atoms in total. The minimum atomic E-state index is -0.576. The molecule has 0 aromatic heterocycles. The van der Waals surface area contributed by atoms with Crippen LogP contribution in [-0.4, -0.2) is 11.1 Å². The van der Waals surface area contributed by atoms with Gasteiger partial charge in [0, 0.05) is 5.92 Å². The van der Waals surface area contributed by atoms with Crippen molar-refractivity contribution in [1.29, 1.82) is 0 Å². The van der Waals surface area contributed by atoms with E-state index >= 15 is 0 Å². The van der Waals surface area contributed by atoms with Gasteiger partial charge in [0.25, 0.3) is 0 Å². The number of hydrogen-bond acceptors (Lipinski definition) is 1. The summed E-state index contributed by atoms with van der Waals surface area (Å²) in [6.45, 7) is 0. The van der Waals surface area contributed by atoms with Gasteiger partial charge in [0.05, 0.1) is 5.92 Å². The topological polar surface area (TPSA) is 37.3 Å². The number of carbonyl (C=O) groups is 1. The van der Waals surface area contributed by atoms with Gasteiger partial charge in [-0.25, -0.2) is 0 Å². The largest absolute Gasteiger partial charge is 0.481 e. The zero-order valence-electron chi connectivity index (χ0n) is 13.7. The molecule has 1 aromatic rings. The molecule has 23 heavy (non-hydrogen) atoms. The average molecular weight is 310 g/mol. The van der Waals surface area contributed by atoms with Crippen molar-refractivity contribution in [2.24, 2.45) is 17.8 Å². The first-order chi connectivity index (χ1) is 11.3. The summed E-state index contributed by atoms with van der Waals surface area (Å²) in [7, 11) is 0. The van der Waals surface area contributed by atoms with Crippen LogP contribution in [0.15, 0.2) is 41.5 Å². The normalized spacial score (nSPS) is 33.7. The maximum Gasteiger partial charge on any atom is 0.307 e. The molecule has 0 radical (unpaired) electrons. The Morgan fingerprint density at radius 3 is 2.13 bits per heavy atom. The van der Waals surface area contributed by atoms with Crippen molar-refractivity contribution in [3.05, 3.63) is 47.0 Å². The standard InChI is InChI=1S/C21H26O2/c22-21(23)20-18-13-7-5-11-16(18)15-10-4-6-12-17(15)19(20)14-8-2-1-3-9-14/h1-3,8-9,17-20H,4-7,10-13H2,(H,22,23)/t17-,18+,19-,20+/m0/s1. The average Bonchev–Trinajstić information content (AvgIpc) is 2.61. The molecule has 0 amide bonds. The Bertz CT molecular complexity index is 616. The van der Waals surface area contributed by atoms with Crippen molar-refractivity contribution in [3.63, 3.8) is 0 Å². The fourth-order valence-electron chi connectivity index (χ4n) is 5.61. The second kappa shape index (κ2) is 6.14. The van der Waals surface area contributed by atoms with Crippen molar-refractivity contribution < 1.29 is 9.90 Å². The molecule has 0 spiro atoms. The quantitative estimate of drug-likeness (QED) is 0.766. The molecule has 2 saturated carbocycles. The van der Waals surface area contributed by atoms with E-state index in [1.54, 1.807) is 11.1 Å². The highest BCUT2D eigenvalue weighted by Crippen LogP contribution is 2.56. The van der Waals surface area contributed by atoms with E-state index in [-0.39, 0.29) is 17.8 Å². The maximum absolute atomic E-state index is 12.2. The number of aliphatic carboxylic acids is 1. The molecule has 0 heterocycles. The van der Waals surface area contributed by atoms with Gasteiger partial charge in [0.15, 0.2) is 0 Å². The van der Waals surface area contributed by atoms with Gasteiger partial charge < -0.3 is 5.11 Å². The van der Waals surface area contributed by atoms with Gasteiger partial charge in [-0.3, -0.25) is 4.79 Å². The molecular weight excluding hydrogens is 284 g/mol. The number of rotatable bonds is 2. The first-order valence-corrected chi connectivity index (χ1v) is 9.27. The molecule has 4 rings (SSSR count). The summed E-state index contributed by atoms with van der Waals surface area (Å²) in [5.74, 6) is 0.135. The van der Waals surface area contributed by atoms with Crippen LogP contribution in [0.25, 0.3) is 0 Å². The number of benzene rings is 1. The monoisotopic (exact) mass is 310 g/mol. The Kier molecular flexibility index (Phi) is 4.00. The first-order valence-electron chi connectivity index (χ1n) is 9.27. The van der Waals surface area contributed by atoms with Crippen molar-refractivity contribution in [2.75, 3.05) is 0 Å². The second-order valence-electron chi connectivity index (χ2n) is 7.56. The van der Waals surface area contributed by atoms with Crippen LogP contribution in [-0.2, 0) is 4.79 Å². The van der Waals surface area contributed by atoms with Gasteiger partial charge in [-0.1, -0.05) is 54.3 Å². The Hall–Kier alpha value is -1.57. The lowest BCUT2D eigenvalue weighted by molar-refractivity contribution is -0.145. The summed E-state index contributed by atoms with van der Waals surface area (Å²) in [5, 5.41) is 10.1. The Morgan fingerprint density at radius 1 is 0.870 bits per heavy atom. The summed E-state index contributed by atoms with van der Waals surface area (Å²) >= 11 is 0. The molecule has 0 aliphatic heterocycles. The highest BCUT2D eigenvalue weighted by atomic mass is 16.4. The zero-order valence-corrected chi connectivity index (χ0v) is 13.7. The molecule has 3 aliphatic carbocycles. The lowest BCUT2D eigenvalue weighted by atomic mass is 9.56. The molecule has 1 aromatic carbocycles. The van der Waals surface area contributed by atoms with E-state index in [2.05, 4.69) is 24.3 Å². The van der Waals surface area contributed by atoms with Crippen molar-refractivity contribution >= 4 is 5.97 Å². The summed E-state index contributed by atoms with van der Waals surface area (Å²) in [6, 6.07) is 10.5. The van der Waals surface area contributed by atoms with Gasteiger partial charge in [-0.2, -0.15) is 0 Å². The maximum atomic E-state index is 12.2. The third kappa shape index (κ3) is 2.52. The molecule has 2 heteroatoms. The van der Waals surface area contributed by atoms with E-state index in [0.29, 0.717) is 5.92 Å². The zero-order chi connectivity index (χ0) is 15.8. The van der Waals surface area contributed by atoms with Crippen LogP contribution in [0.1, 0.15) is 62.8 Å². The predicted molar refractivity (Wildman–Crippen MR) is 91.3 cm³/mol. The summed E-state index contributed by atoms with van der Waals surface area (Å²) < 4.78 is 0. The summed E-state index contributed by atoms with van der Waals surface area (Å²) in [4.78, 5) is 12.2. The molecule has 3 aliphatic rings. The van der Waals surface area contributed by atoms with E-state index in [1.165, 1.54) is 44.1 Å². The lowest BCUT2D eigenvalue weighted by Gasteiger charge is -2.48. The molecule has 2 fully saturated rings. The predicted octanol–water partition coefficient (Wildman–Crippen LogP) is 5.16. The molecule has 0 saturated heterocycles. The van der Waals surface area contributed by atoms with Crippen LogP contribution in [0.5, 0.6) is 0 Å². The van der Waals surface area contributed by atoms with Gasteiger partial charge in [0.1, 0.15) is 0 Å². The Labute approximate surface area is 138 Å². The molecular formula is C21H26O2. The van der Waals surface area contributed by atoms with Crippen LogP contribution in [0.3, 0.4) is 0 Å². The lowest BCUT2D eigenvalue weighted by Crippen LogP contribution is -2.42. The SMILES string of the molecule is O=C(O)[C@H]1[C@@H](c2ccccc2)[C@H]2CCCCC2=C2CCCC[C@H]21. The molecule has 0 bridgehead atoms. The van der Waals surface area contributed by atoms with E-state index in [4.69, 9.17) is 0 Å². The number of fused-ring (bicyclic) bond motifs is 2. The fourth-order valence-corrected chi connectivity index (χ4v) is 5.61. The third-order valence-electron chi connectivity index (χ3n) is 6.45. The van der Waals surface area contributed by atoms with E-state index in [0.717, 1.165) is 12.8 Å². The van der Waals surface area contributed by atoms with Gasteiger partial charge in [-0.05, 0) is 55.9 Å². The van der Waals surface area contributed by atoms with E-state index in [9.17, 15) is 9.90 Å². The number of hydrogen-bond donors (Lipinski definition) is 1. The Balaban J connectivity index is 1.85. The summed E-state index contributed by atoms with van der Waals surface area (Å²) in [6.07, 6.45) is 9.61. The van der Waals surface area contributed by atoms with Crippen LogP contribution < -0.4 is 0 Å². The number of carboxylic acids is 1. The Morgan fingerprint density at radius 2 is 1.48 bits per heavy atom. The molecule has 0 unspecified atom stereocenters. The number of allylic oxidation sites excluding steroid dienone is 2. The molecule has 4 atom stereocenters. The van der Waals surface area contributed by atoms with Gasteiger partial charge >= 0.3 is 5.97 Å². The fraction of sp³-hybridized carbons (Fsp3) is 0.571. The molecule has 122 valence electrons. The summed E-state index contributed by atoms with van der Waals surface area (Å²) in [5.41, 5.74) is 4.46. The minimum Gasteiger partial charge on any atom is -0.481 e. The van der Waals surface area contributed by atoms with Crippen LogP contribution in [0, 0.1) is 17.8 Å². The van der Waals surface area contributed by atoms with Crippen LogP contribution >= 0.6 is 0 Å². The number of carboxylic acid groups (broad SMARTS) is 1.